The number of halogens is 3. The Kier molecular flexibility index (Phi) is 5.71. The predicted octanol–water partition coefficient (Wildman–Crippen LogP) is 4.49. The number of carbonyl (C=O) groups is 2. The van der Waals surface area contributed by atoms with Crippen molar-refractivity contribution in [3.8, 4) is 0 Å². The van der Waals surface area contributed by atoms with Gasteiger partial charge in [0, 0.05) is 13.1 Å². The molecule has 0 unspecified atom stereocenters. The van der Waals surface area contributed by atoms with E-state index in [1.54, 1.807) is 12.1 Å². The van der Waals surface area contributed by atoms with E-state index in [0.29, 0.717) is 11.4 Å². The van der Waals surface area contributed by atoms with E-state index < -0.39 is 17.8 Å². The first-order chi connectivity index (χ1) is 13.7. The summed E-state index contributed by atoms with van der Waals surface area (Å²) in [6, 6.07) is 7.75. The number of anilines is 1. The molecule has 0 aliphatic rings. The second-order valence-corrected chi connectivity index (χ2v) is 6.15. The van der Waals surface area contributed by atoms with E-state index in [-0.39, 0.29) is 30.3 Å². The Morgan fingerprint density at radius 1 is 1.24 bits per heavy atom. The van der Waals surface area contributed by atoms with Gasteiger partial charge in [0.1, 0.15) is 12.4 Å². The van der Waals surface area contributed by atoms with E-state index in [9.17, 15) is 22.8 Å². The molecule has 1 amide bonds. The summed E-state index contributed by atoms with van der Waals surface area (Å²) in [5.74, 6) is 0.559. The normalized spacial score (nSPS) is 11.3. The van der Waals surface area contributed by atoms with Gasteiger partial charge < -0.3 is 9.15 Å². The molecular weight excluding hydrogens is 391 g/mol. The molecule has 0 aliphatic heterocycles. The number of ketones is 1. The van der Waals surface area contributed by atoms with E-state index in [0.717, 1.165) is 12.1 Å². The van der Waals surface area contributed by atoms with Crippen molar-refractivity contribution in [3.05, 3.63) is 71.4 Å². The van der Waals surface area contributed by atoms with E-state index in [1.165, 1.54) is 36.1 Å². The number of Topliss-reactive ketones (excluding diaryl/α,β-unsaturated/α-hetero) is 1. The summed E-state index contributed by atoms with van der Waals surface area (Å²) >= 11 is 0. The highest BCUT2D eigenvalue weighted by atomic mass is 19.4. The molecule has 0 saturated carbocycles. The maximum atomic E-state index is 12.7. The molecule has 0 atom stereocenters. The summed E-state index contributed by atoms with van der Waals surface area (Å²) in [4.78, 5) is 23.1. The largest absolute Gasteiger partial charge is 0.456 e. The second-order valence-electron chi connectivity index (χ2n) is 6.15. The summed E-state index contributed by atoms with van der Waals surface area (Å²) in [6.07, 6.45) is -2.41. The number of alkyl halides is 3. The molecule has 2 aromatic heterocycles. The monoisotopic (exact) mass is 407 g/mol. The molecule has 7 nitrogen and oxygen atoms in total. The highest BCUT2D eigenvalue weighted by Gasteiger charge is 2.30. The number of rotatable bonds is 6. The Bertz CT molecular complexity index is 1020. The van der Waals surface area contributed by atoms with Gasteiger partial charge in [0.2, 0.25) is 0 Å². The third kappa shape index (κ3) is 5.47. The van der Waals surface area contributed by atoms with Gasteiger partial charge >= 0.3 is 12.3 Å². The van der Waals surface area contributed by atoms with Gasteiger partial charge in [-0.25, -0.2) is 4.79 Å². The molecule has 0 spiro atoms. The zero-order chi connectivity index (χ0) is 21.0. The van der Waals surface area contributed by atoms with Crippen LogP contribution in [0.15, 0.2) is 53.2 Å². The summed E-state index contributed by atoms with van der Waals surface area (Å²) in [5, 5.41) is 6.49. The van der Waals surface area contributed by atoms with Crippen LogP contribution in [0.5, 0.6) is 0 Å². The van der Waals surface area contributed by atoms with Crippen LogP contribution in [0.25, 0.3) is 0 Å². The van der Waals surface area contributed by atoms with Gasteiger partial charge in [0.05, 0.1) is 24.0 Å². The lowest BCUT2D eigenvalue weighted by molar-refractivity contribution is -0.137. The maximum Gasteiger partial charge on any atom is 0.416 e. The molecule has 1 N–H and O–H groups in total. The van der Waals surface area contributed by atoms with Crippen molar-refractivity contribution in [1.82, 2.24) is 9.78 Å². The van der Waals surface area contributed by atoms with Gasteiger partial charge in [-0.15, -0.1) is 0 Å². The average molecular weight is 407 g/mol. The van der Waals surface area contributed by atoms with Crippen molar-refractivity contribution in [2.24, 2.45) is 0 Å². The smallest absolute Gasteiger partial charge is 0.416 e. The van der Waals surface area contributed by atoms with Crippen molar-refractivity contribution in [1.29, 1.82) is 0 Å². The molecule has 0 saturated heterocycles. The van der Waals surface area contributed by atoms with Crippen molar-refractivity contribution in [3.63, 3.8) is 0 Å². The van der Waals surface area contributed by atoms with Crippen LogP contribution in [0.2, 0.25) is 0 Å². The van der Waals surface area contributed by atoms with E-state index >= 15 is 0 Å². The van der Waals surface area contributed by atoms with E-state index in [1.807, 2.05) is 0 Å². The van der Waals surface area contributed by atoms with Crippen molar-refractivity contribution in [2.75, 3.05) is 5.32 Å². The predicted molar refractivity (Wildman–Crippen MR) is 95.3 cm³/mol. The first-order valence-corrected chi connectivity index (χ1v) is 8.43. The van der Waals surface area contributed by atoms with E-state index in [2.05, 4.69) is 10.4 Å². The molecule has 0 radical (unpaired) electrons. The highest BCUT2D eigenvalue weighted by Crippen LogP contribution is 2.29. The van der Waals surface area contributed by atoms with Gasteiger partial charge in [0.15, 0.2) is 11.5 Å². The van der Waals surface area contributed by atoms with Crippen LogP contribution in [-0.4, -0.2) is 21.7 Å². The van der Waals surface area contributed by atoms with Crippen LogP contribution in [0.1, 0.15) is 34.4 Å². The quantitative estimate of drug-likeness (QED) is 0.609. The molecular formula is C19H16F3N3O4. The molecule has 3 aromatic rings. The Labute approximate surface area is 163 Å². The van der Waals surface area contributed by atoms with Gasteiger partial charge in [-0.05, 0) is 29.8 Å². The standard InChI is InChI=1S/C19H16F3N3O4/c1-12(26)17-6-5-16(29-17)10-25-9-15(8-23-25)24-18(27)28-11-13-3-2-4-14(7-13)19(20,21)22/h2-9H,10-11H2,1H3,(H,24,27). The summed E-state index contributed by atoms with van der Waals surface area (Å²) in [5.41, 5.74) is -0.270. The molecule has 3 rings (SSSR count). The number of hydrogen-bond donors (Lipinski definition) is 1. The molecule has 1 aromatic carbocycles. The summed E-state index contributed by atoms with van der Waals surface area (Å²) in [7, 11) is 0. The average Bonchev–Trinajstić information content (AvgIpc) is 3.30. The summed E-state index contributed by atoms with van der Waals surface area (Å²) < 4.78 is 49.9. The van der Waals surface area contributed by atoms with Gasteiger partial charge in [-0.2, -0.15) is 18.3 Å². The number of nitrogens with one attached hydrogen (secondary N) is 1. The molecule has 0 fully saturated rings. The molecule has 0 aliphatic carbocycles. The minimum absolute atomic E-state index is 0.192. The molecule has 2 heterocycles. The zero-order valence-electron chi connectivity index (χ0n) is 15.2. The van der Waals surface area contributed by atoms with Crippen LogP contribution < -0.4 is 5.32 Å². The van der Waals surface area contributed by atoms with Crippen LogP contribution in [-0.2, 0) is 24.1 Å². The number of benzene rings is 1. The number of ether oxygens (including phenoxy) is 1. The minimum Gasteiger partial charge on any atom is -0.456 e. The fourth-order valence-electron chi connectivity index (χ4n) is 2.47. The van der Waals surface area contributed by atoms with Crippen LogP contribution in [0.4, 0.5) is 23.7 Å². The van der Waals surface area contributed by atoms with Crippen molar-refractivity contribution < 1.29 is 31.9 Å². The molecule has 152 valence electrons. The van der Waals surface area contributed by atoms with E-state index in [4.69, 9.17) is 9.15 Å². The third-order valence-electron chi connectivity index (χ3n) is 3.83. The number of nitrogens with zero attached hydrogens (tertiary/aromatic N) is 2. The fourth-order valence-corrected chi connectivity index (χ4v) is 2.47. The maximum absolute atomic E-state index is 12.7. The Hall–Kier alpha value is -3.56. The van der Waals surface area contributed by atoms with Crippen LogP contribution >= 0.6 is 0 Å². The van der Waals surface area contributed by atoms with Crippen LogP contribution in [0, 0.1) is 0 Å². The Balaban J connectivity index is 1.53. The number of amides is 1. The lowest BCUT2D eigenvalue weighted by Gasteiger charge is -2.09. The second kappa shape index (κ2) is 8.21. The van der Waals surface area contributed by atoms with Gasteiger partial charge in [-0.1, -0.05) is 12.1 Å². The summed E-state index contributed by atoms with van der Waals surface area (Å²) in [6.45, 7) is 1.32. The first kappa shape index (κ1) is 20.2. The number of aromatic nitrogens is 2. The number of furan rings is 1. The number of hydrogen-bond acceptors (Lipinski definition) is 5. The number of carbonyl (C=O) groups excluding carboxylic acids is 2. The van der Waals surface area contributed by atoms with Gasteiger partial charge in [-0.3, -0.25) is 14.8 Å². The molecule has 29 heavy (non-hydrogen) atoms. The fraction of sp³-hybridized carbons (Fsp3) is 0.211. The SMILES string of the molecule is CC(=O)c1ccc(Cn2cc(NC(=O)OCc3cccc(C(F)(F)F)c3)cn2)o1. The first-order valence-electron chi connectivity index (χ1n) is 8.43. The molecule has 0 bridgehead atoms. The topological polar surface area (TPSA) is 86.4 Å². The minimum atomic E-state index is -4.47. The van der Waals surface area contributed by atoms with Crippen molar-refractivity contribution in [2.45, 2.75) is 26.3 Å². The van der Waals surface area contributed by atoms with Crippen molar-refractivity contribution >= 4 is 17.6 Å². The van der Waals surface area contributed by atoms with Crippen LogP contribution in [0.3, 0.4) is 0 Å². The lowest BCUT2D eigenvalue weighted by Crippen LogP contribution is -2.13. The highest BCUT2D eigenvalue weighted by molar-refractivity contribution is 5.91. The lowest BCUT2D eigenvalue weighted by atomic mass is 10.1. The Morgan fingerprint density at radius 2 is 2.03 bits per heavy atom. The zero-order valence-corrected chi connectivity index (χ0v) is 15.2. The Morgan fingerprint density at radius 3 is 2.72 bits per heavy atom. The third-order valence-corrected chi connectivity index (χ3v) is 3.83. The molecule has 10 heteroatoms. The van der Waals surface area contributed by atoms with Gasteiger partial charge in [0.25, 0.3) is 0 Å².